The van der Waals surface area contributed by atoms with E-state index in [-0.39, 0.29) is 51.1 Å². The fourth-order valence-electron chi connectivity index (χ4n) is 4.30. The monoisotopic (exact) mass is 659 g/mol. The van der Waals surface area contributed by atoms with Crippen molar-refractivity contribution in [3.8, 4) is 12.3 Å². The van der Waals surface area contributed by atoms with Gasteiger partial charge in [-0.25, -0.2) is 0 Å². The highest BCUT2D eigenvalue weighted by Gasteiger charge is 2.29. The molecule has 0 aromatic rings. The number of hydrogen-bond acceptors (Lipinski definition) is 10. The lowest BCUT2D eigenvalue weighted by Gasteiger charge is -2.25. The van der Waals surface area contributed by atoms with E-state index in [4.69, 9.17) is 32.5 Å². The Bertz CT molecular complexity index is 860. The number of aliphatic hydroxyl groups is 1. The van der Waals surface area contributed by atoms with Crippen molar-refractivity contribution in [1.29, 1.82) is 0 Å². The summed E-state index contributed by atoms with van der Waals surface area (Å²) in [7, 11) is 0. The van der Waals surface area contributed by atoms with Crippen molar-refractivity contribution in [3.05, 3.63) is 0 Å². The maximum Gasteiger partial charge on any atom is 0.303 e. The number of thioether (sulfide) groups is 1. The number of amides is 3. The molecule has 0 aromatic carbocycles. The largest absolute Gasteiger partial charge is 0.481 e. The molecule has 0 heterocycles. The van der Waals surface area contributed by atoms with E-state index in [9.17, 15) is 24.3 Å². The normalized spacial score (nSPS) is 13.7. The Morgan fingerprint density at radius 1 is 0.911 bits per heavy atom. The third-order valence-electron chi connectivity index (χ3n) is 6.87. The van der Waals surface area contributed by atoms with Gasteiger partial charge < -0.3 is 41.8 Å². The van der Waals surface area contributed by atoms with Crippen molar-refractivity contribution in [2.45, 2.75) is 89.8 Å². The summed E-state index contributed by atoms with van der Waals surface area (Å²) in [6.07, 6.45) is 14.5. The first-order chi connectivity index (χ1) is 21.6. The topological polar surface area (TPSA) is 215 Å². The van der Waals surface area contributed by atoms with Crippen molar-refractivity contribution < 1.29 is 38.9 Å². The maximum absolute atomic E-state index is 13.0. The molecule has 0 radical (unpaired) electrons. The van der Waals surface area contributed by atoms with Gasteiger partial charge in [-0.1, -0.05) is 45.4 Å². The van der Waals surface area contributed by atoms with Crippen LogP contribution in [-0.4, -0.2) is 104 Å². The number of carboxylic acid groups (broad SMARTS) is 1. The number of terminal acetylenes is 1. The predicted molar refractivity (Wildman–Crippen MR) is 176 cm³/mol. The smallest absolute Gasteiger partial charge is 0.303 e. The van der Waals surface area contributed by atoms with Gasteiger partial charge in [0.1, 0.15) is 12.3 Å². The lowest BCUT2D eigenvalue weighted by atomic mass is 9.94. The molecule has 2 unspecified atom stereocenters. The van der Waals surface area contributed by atoms with Crippen LogP contribution in [0.4, 0.5) is 0 Å². The molecule has 0 rings (SSSR count). The van der Waals surface area contributed by atoms with Gasteiger partial charge in [0.2, 0.25) is 17.7 Å². The Hall–Kier alpha value is -2.41. The number of rotatable bonds is 31. The van der Waals surface area contributed by atoms with Gasteiger partial charge >= 0.3 is 5.97 Å². The number of unbranched alkanes of at least 4 members (excludes halogenated alkanes) is 7. The van der Waals surface area contributed by atoms with Crippen LogP contribution in [-0.2, 0) is 28.7 Å². The molecule has 13 nitrogen and oxygen atoms in total. The van der Waals surface area contributed by atoms with E-state index in [1.54, 1.807) is 6.92 Å². The molecule has 45 heavy (non-hydrogen) atoms. The number of carbonyl (C=O) groups excluding carboxylic acids is 3. The predicted octanol–water partition coefficient (Wildman–Crippen LogP) is 0.967. The third-order valence-corrected chi connectivity index (χ3v) is 8.09. The summed E-state index contributed by atoms with van der Waals surface area (Å²) in [5, 5.41) is 27.2. The molecule has 9 N–H and O–H groups in total. The van der Waals surface area contributed by atoms with Crippen LogP contribution in [0.2, 0.25) is 0 Å². The molecular formula is C31H57N5O8S. The van der Waals surface area contributed by atoms with Gasteiger partial charge in [0, 0.05) is 30.6 Å². The van der Waals surface area contributed by atoms with E-state index >= 15 is 0 Å². The van der Waals surface area contributed by atoms with Gasteiger partial charge in [-0.15, -0.1) is 12.3 Å². The van der Waals surface area contributed by atoms with Crippen LogP contribution < -0.4 is 27.4 Å². The zero-order valence-corrected chi connectivity index (χ0v) is 27.8. The SMILES string of the molecule is C#CC(CCCN)[C@H](NC(=O)[C@@H](C)CSCC(N)=O)C(=O)NCCOCCOCC(O)NCCCCCCCCCCC(=O)O. The van der Waals surface area contributed by atoms with Crippen LogP contribution in [0.15, 0.2) is 0 Å². The fourth-order valence-corrected chi connectivity index (χ4v) is 5.13. The molecule has 14 heteroatoms. The van der Waals surface area contributed by atoms with E-state index in [0.29, 0.717) is 31.7 Å². The average Bonchev–Trinajstić information content (AvgIpc) is 3.00. The van der Waals surface area contributed by atoms with Gasteiger partial charge in [-0.3, -0.25) is 24.5 Å². The summed E-state index contributed by atoms with van der Waals surface area (Å²) in [5.74, 6) is 0.138. The Morgan fingerprint density at radius 3 is 2.18 bits per heavy atom. The molecule has 0 aliphatic carbocycles. The number of aliphatic hydroxyl groups excluding tert-OH is 1. The number of aliphatic carboxylic acids is 1. The zero-order chi connectivity index (χ0) is 33.7. The quantitative estimate of drug-likeness (QED) is 0.0316. The molecule has 0 aliphatic heterocycles. The highest BCUT2D eigenvalue weighted by molar-refractivity contribution is 7.99. The number of carbonyl (C=O) groups is 4. The van der Waals surface area contributed by atoms with Crippen LogP contribution in [0.3, 0.4) is 0 Å². The highest BCUT2D eigenvalue weighted by atomic mass is 32.2. The molecular weight excluding hydrogens is 602 g/mol. The van der Waals surface area contributed by atoms with Gasteiger partial charge in [0.25, 0.3) is 0 Å². The summed E-state index contributed by atoms with van der Waals surface area (Å²) in [6, 6.07) is -0.934. The molecule has 4 atom stereocenters. The molecule has 0 fully saturated rings. The van der Waals surface area contributed by atoms with Crippen LogP contribution >= 0.6 is 11.8 Å². The Labute approximate surface area is 273 Å². The molecule has 3 amide bonds. The van der Waals surface area contributed by atoms with E-state index in [1.807, 2.05) is 0 Å². The van der Waals surface area contributed by atoms with Crippen LogP contribution in [0.1, 0.15) is 77.6 Å². The third kappa shape index (κ3) is 25.5. The van der Waals surface area contributed by atoms with Gasteiger partial charge in [0.05, 0.1) is 32.2 Å². The Morgan fingerprint density at radius 2 is 1.56 bits per heavy atom. The molecule has 0 aliphatic rings. The van der Waals surface area contributed by atoms with Crippen molar-refractivity contribution >= 4 is 35.5 Å². The summed E-state index contributed by atoms with van der Waals surface area (Å²) in [6.45, 7) is 3.93. The Balaban J connectivity index is 4.11. The molecule has 0 aromatic heterocycles. The number of nitrogens with two attached hydrogens (primary N) is 2. The van der Waals surface area contributed by atoms with E-state index < -0.39 is 41.9 Å². The van der Waals surface area contributed by atoms with Crippen molar-refractivity contribution in [1.82, 2.24) is 16.0 Å². The molecule has 0 spiro atoms. The fraction of sp³-hybridized carbons (Fsp3) is 0.806. The first kappa shape index (κ1) is 42.6. The lowest BCUT2D eigenvalue weighted by Crippen LogP contribution is -2.52. The van der Waals surface area contributed by atoms with Crippen LogP contribution in [0, 0.1) is 24.2 Å². The summed E-state index contributed by atoms with van der Waals surface area (Å²) < 4.78 is 10.9. The maximum atomic E-state index is 13.0. The summed E-state index contributed by atoms with van der Waals surface area (Å²) >= 11 is 1.25. The number of ether oxygens (including phenoxy) is 2. The second-order valence-electron chi connectivity index (χ2n) is 11.0. The molecule has 0 saturated carbocycles. The van der Waals surface area contributed by atoms with Gasteiger partial charge in [-0.05, 0) is 38.8 Å². The minimum absolute atomic E-state index is 0.107. The highest BCUT2D eigenvalue weighted by Crippen LogP contribution is 2.14. The van der Waals surface area contributed by atoms with E-state index in [0.717, 1.165) is 51.4 Å². The zero-order valence-electron chi connectivity index (χ0n) is 26.9. The van der Waals surface area contributed by atoms with Crippen molar-refractivity contribution in [3.63, 3.8) is 0 Å². The molecule has 260 valence electrons. The number of carboxylic acids is 1. The van der Waals surface area contributed by atoms with Crippen LogP contribution in [0.5, 0.6) is 0 Å². The second kappa shape index (κ2) is 29.0. The van der Waals surface area contributed by atoms with E-state index in [2.05, 4.69) is 21.9 Å². The minimum Gasteiger partial charge on any atom is -0.481 e. The molecule has 0 bridgehead atoms. The molecule has 0 saturated heterocycles. The Kier molecular flexibility index (Phi) is 27.5. The lowest BCUT2D eigenvalue weighted by molar-refractivity contribution is -0.137. The van der Waals surface area contributed by atoms with Crippen LogP contribution in [0.25, 0.3) is 0 Å². The number of primary amides is 1. The second-order valence-corrected chi connectivity index (χ2v) is 12.0. The summed E-state index contributed by atoms with van der Waals surface area (Å²) in [5.41, 5.74) is 10.8. The van der Waals surface area contributed by atoms with E-state index in [1.165, 1.54) is 11.8 Å². The summed E-state index contributed by atoms with van der Waals surface area (Å²) in [4.78, 5) is 47.1. The van der Waals surface area contributed by atoms with Crippen molar-refractivity contribution in [2.24, 2.45) is 23.3 Å². The minimum atomic E-state index is -0.934. The standard InChI is InChI=1S/C31H57N5O8S/c1-3-25(13-12-15-32)29(36-30(41)24(2)22-45-23-26(33)37)31(42)35-17-18-43-19-20-44-21-27(38)34-16-11-9-7-5-4-6-8-10-14-28(39)40/h1,24-25,27,29,34,38H,4-23,32H2,2H3,(H2,33,37)(H,35,42)(H,36,41)(H,39,40)/t24-,25?,27?,29-/m0/s1. The number of nitrogens with one attached hydrogen (secondary N) is 3. The van der Waals surface area contributed by atoms with Gasteiger partial charge in [-0.2, -0.15) is 11.8 Å². The first-order valence-corrected chi connectivity index (χ1v) is 17.2. The van der Waals surface area contributed by atoms with Gasteiger partial charge in [0.15, 0.2) is 0 Å². The average molecular weight is 660 g/mol. The number of hydrogen-bond donors (Lipinski definition) is 7. The first-order valence-electron chi connectivity index (χ1n) is 16.0. The van der Waals surface area contributed by atoms with Crippen molar-refractivity contribution in [2.75, 3.05) is 57.6 Å².